The molecule has 0 aliphatic heterocycles. The number of rotatable bonds is 8. The van der Waals surface area contributed by atoms with Gasteiger partial charge in [-0.05, 0) is 50.5 Å². The third-order valence-corrected chi connectivity index (χ3v) is 5.13. The van der Waals surface area contributed by atoms with Crippen molar-refractivity contribution in [3.8, 4) is 11.5 Å². The first-order chi connectivity index (χ1) is 13.5. The lowest BCUT2D eigenvalue weighted by atomic mass is 10.3. The molecule has 148 valence electrons. The topological polar surface area (TPSA) is 54.9 Å². The molecule has 0 atom stereocenters. The maximum atomic E-state index is 14.0. The summed E-state index contributed by atoms with van der Waals surface area (Å²) in [7, 11) is 5.44. The van der Waals surface area contributed by atoms with E-state index in [-0.39, 0.29) is 18.0 Å². The lowest BCUT2D eigenvalue weighted by Gasteiger charge is -2.22. The molecule has 1 amide bonds. The van der Waals surface area contributed by atoms with Crippen LogP contribution in [0, 0.1) is 5.82 Å². The summed E-state index contributed by atoms with van der Waals surface area (Å²) in [4.78, 5) is 20.7. The number of carbonyl (C=O) groups is 1. The molecule has 0 saturated carbocycles. The molecule has 0 spiro atoms. The van der Waals surface area contributed by atoms with Gasteiger partial charge in [-0.2, -0.15) is 0 Å². The van der Waals surface area contributed by atoms with E-state index in [0.29, 0.717) is 34.4 Å². The second-order valence-corrected chi connectivity index (χ2v) is 7.40. The Morgan fingerprint density at radius 2 is 1.82 bits per heavy atom. The predicted molar refractivity (Wildman–Crippen MR) is 109 cm³/mol. The first kappa shape index (κ1) is 20.0. The van der Waals surface area contributed by atoms with Gasteiger partial charge in [0, 0.05) is 13.1 Å². The van der Waals surface area contributed by atoms with Crippen LogP contribution in [0.5, 0.6) is 11.5 Å². The number of methoxy groups -OCH3 is 1. The Labute approximate surface area is 167 Å². The van der Waals surface area contributed by atoms with E-state index in [0.717, 1.165) is 0 Å². The van der Waals surface area contributed by atoms with Crippen LogP contribution in [0.3, 0.4) is 0 Å². The fourth-order valence-corrected chi connectivity index (χ4v) is 3.56. The van der Waals surface area contributed by atoms with E-state index < -0.39 is 5.82 Å². The molecule has 0 N–H and O–H groups in total. The van der Waals surface area contributed by atoms with Crippen molar-refractivity contribution in [3.63, 3.8) is 0 Å². The average molecular weight is 403 g/mol. The van der Waals surface area contributed by atoms with Gasteiger partial charge in [-0.25, -0.2) is 9.37 Å². The van der Waals surface area contributed by atoms with Gasteiger partial charge in [0.15, 0.2) is 11.7 Å². The molecule has 0 aliphatic carbocycles. The number of aromatic nitrogens is 1. The molecule has 3 rings (SSSR count). The van der Waals surface area contributed by atoms with Gasteiger partial charge in [-0.3, -0.25) is 9.69 Å². The van der Waals surface area contributed by atoms with Crippen LogP contribution < -0.4 is 14.4 Å². The molecular weight excluding hydrogens is 381 g/mol. The van der Waals surface area contributed by atoms with Gasteiger partial charge in [0.1, 0.15) is 22.8 Å². The van der Waals surface area contributed by atoms with Crippen molar-refractivity contribution in [1.82, 2.24) is 9.88 Å². The summed E-state index contributed by atoms with van der Waals surface area (Å²) in [6.07, 6.45) is 0. The highest BCUT2D eigenvalue weighted by molar-refractivity contribution is 7.22. The number of fused-ring (bicyclic) bond motifs is 1. The molecule has 3 aromatic rings. The van der Waals surface area contributed by atoms with E-state index in [1.54, 1.807) is 48.4 Å². The number of halogens is 1. The van der Waals surface area contributed by atoms with Crippen LogP contribution in [0.15, 0.2) is 42.5 Å². The molecule has 0 bridgehead atoms. The molecule has 1 aromatic heterocycles. The minimum atomic E-state index is -0.394. The summed E-state index contributed by atoms with van der Waals surface area (Å²) in [6, 6.07) is 11.8. The number of thiazole rings is 1. The number of likely N-dealkylation sites (N-methyl/N-ethyl adjacent to an activating group) is 1. The van der Waals surface area contributed by atoms with Crippen molar-refractivity contribution in [2.45, 2.75) is 0 Å². The van der Waals surface area contributed by atoms with Crippen LogP contribution >= 0.6 is 11.3 Å². The van der Waals surface area contributed by atoms with Crippen molar-refractivity contribution in [2.75, 3.05) is 45.8 Å². The third kappa shape index (κ3) is 4.76. The Kier molecular flexibility index (Phi) is 6.43. The molecule has 8 heteroatoms. The zero-order valence-corrected chi connectivity index (χ0v) is 16.8. The highest BCUT2D eigenvalue weighted by Crippen LogP contribution is 2.30. The highest BCUT2D eigenvalue weighted by atomic mass is 32.1. The van der Waals surface area contributed by atoms with Crippen LogP contribution in [-0.4, -0.2) is 56.7 Å². The Morgan fingerprint density at radius 1 is 1.11 bits per heavy atom. The van der Waals surface area contributed by atoms with E-state index in [4.69, 9.17) is 9.47 Å². The minimum absolute atomic E-state index is 0.141. The number of nitrogens with zero attached hydrogens (tertiary/aromatic N) is 3. The van der Waals surface area contributed by atoms with Crippen molar-refractivity contribution in [2.24, 2.45) is 0 Å². The van der Waals surface area contributed by atoms with Gasteiger partial charge in [-0.1, -0.05) is 17.4 Å². The summed E-state index contributed by atoms with van der Waals surface area (Å²) in [5, 5.41) is 0.463. The van der Waals surface area contributed by atoms with E-state index in [1.165, 1.54) is 17.4 Å². The van der Waals surface area contributed by atoms with Crippen LogP contribution in [-0.2, 0) is 4.79 Å². The first-order valence-corrected chi connectivity index (χ1v) is 9.56. The van der Waals surface area contributed by atoms with Gasteiger partial charge in [0.2, 0.25) is 0 Å². The molecule has 0 radical (unpaired) electrons. The van der Waals surface area contributed by atoms with Crippen molar-refractivity contribution in [1.29, 1.82) is 0 Å². The fourth-order valence-electron chi connectivity index (χ4n) is 2.54. The Bertz CT molecular complexity index is 944. The van der Waals surface area contributed by atoms with Crippen LogP contribution in [0.2, 0.25) is 0 Å². The number of hydrogen-bond donors (Lipinski definition) is 0. The fraction of sp³-hybridized carbons (Fsp3) is 0.300. The first-order valence-electron chi connectivity index (χ1n) is 8.75. The molecule has 0 unspecified atom stereocenters. The zero-order valence-electron chi connectivity index (χ0n) is 16.0. The summed E-state index contributed by atoms with van der Waals surface area (Å²) in [6.45, 7) is 0.935. The van der Waals surface area contributed by atoms with Crippen LogP contribution in [0.25, 0.3) is 10.2 Å². The molecule has 6 nitrogen and oxygen atoms in total. The summed E-state index contributed by atoms with van der Waals surface area (Å²) < 4.78 is 25.4. The summed E-state index contributed by atoms with van der Waals surface area (Å²) >= 11 is 1.29. The Morgan fingerprint density at radius 3 is 2.46 bits per heavy atom. The summed E-state index contributed by atoms with van der Waals surface area (Å²) in [5.41, 5.74) is 0.279. The van der Waals surface area contributed by atoms with Gasteiger partial charge in [0.05, 0.1) is 11.8 Å². The van der Waals surface area contributed by atoms with Crippen molar-refractivity contribution < 1.29 is 18.7 Å². The molecular formula is C20H22FN3O3S. The lowest BCUT2D eigenvalue weighted by molar-refractivity contribution is -0.120. The zero-order chi connectivity index (χ0) is 20.1. The van der Waals surface area contributed by atoms with E-state index in [2.05, 4.69) is 4.98 Å². The van der Waals surface area contributed by atoms with E-state index in [1.807, 2.05) is 19.0 Å². The maximum Gasteiger partial charge on any atom is 0.266 e. The average Bonchev–Trinajstić information content (AvgIpc) is 3.12. The maximum absolute atomic E-state index is 14.0. The lowest BCUT2D eigenvalue weighted by Crippen LogP contribution is -2.39. The minimum Gasteiger partial charge on any atom is -0.497 e. The Balaban J connectivity index is 1.77. The van der Waals surface area contributed by atoms with Crippen LogP contribution in [0.1, 0.15) is 0 Å². The molecule has 0 saturated heterocycles. The number of para-hydroxylation sites is 1. The number of benzene rings is 2. The number of anilines is 1. The normalized spacial score (nSPS) is 11.0. The van der Waals surface area contributed by atoms with Gasteiger partial charge >= 0.3 is 0 Å². The molecule has 1 heterocycles. The monoisotopic (exact) mass is 403 g/mol. The van der Waals surface area contributed by atoms with Crippen molar-refractivity contribution >= 4 is 32.6 Å². The van der Waals surface area contributed by atoms with E-state index in [9.17, 15) is 9.18 Å². The number of hydrogen-bond acceptors (Lipinski definition) is 6. The number of ether oxygens (including phenoxy) is 2. The quantitative estimate of drug-likeness (QED) is 0.577. The SMILES string of the molecule is COc1ccc(OCC(=O)N(CCN(C)C)c2nc3c(F)cccc3s2)cc1. The summed E-state index contributed by atoms with van der Waals surface area (Å²) in [5.74, 6) is 0.645. The molecule has 28 heavy (non-hydrogen) atoms. The standard InChI is InChI=1S/C20H22FN3O3S/c1-23(2)11-12-24(20-22-19-16(21)5-4-6-17(19)28-20)18(25)13-27-15-9-7-14(26-3)8-10-15/h4-10H,11-13H2,1-3H3. The largest absolute Gasteiger partial charge is 0.497 e. The second-order valence-electron chi connectivity index (χ2n) is 6.40. The van der Waals surface area contributed by atoms with Gasteiger partial charge in [0.25, 0.3) is 5.91 Å². The second kappa shape index (κ2) is 8.99. The van der Waals surface area contributed by atoms with Gasteiger partial charge < -0.3 is 14.4 Å². The smallest absolute Gasteiger partial charge is 0.266 e. The number of amides is 1. The molecule has 0 aliphatic rings. The molecule has 0 fully saturated rings. The molecule has 2 aromatic carbocycles. The Hall–Kier alpha value is -2.71. The number of carbonyl (C=O) groups excluding carboxylic acids is 1. The highest BCUT2D eigenvalue weighted by Gasteiger charge is 2.21. The predicted octanol–water partition coefficient (Wildman–Crippen LogP) is 3.42. The van der Waals surface area contributed by atoms with Crippen LogP contribution in [0.4, 0.5) is 9.52 Å². The third-order valence-electron chi connectivity index (χ3n) is 4.08. The van der Waals surface area contributed by atoms with Crippen molar-refractivity contribution in [3.05, 3.63) is 48.3 Å². The van der Waals surface area contributed by atoms with E-state index >= 15 is 0 Å². The van der Waals surface area contributed by atoms with Gasteiger partial charge in [-0.15, -0.1) is 0 Å².